The first kappa shape index (κ1) is 14.9. The maximum absolute atomic E-state index is 5.88. The molecule has 0 heterocycles. The van der Waals surface area contributed by atoms with Crippen LogP contribution in [0.15, 0.2) is 40.9 Å². The molecule has 0 spiro atoms. The van der Waals surface area contributed by atoms with Crippen molar-refractivity contribution in [2.24, 2.45) is 0 Å². The van der Waals surface area contributed by atoms with Gasteiger partial charge in [0, 0.05) is 16.7 Å². The molecule has 0 bridgehead atoms. The largest absolute Gasteiger partial charge is 0.491 e. The second-order valence-electron chi connectivity index (χ2n) is 4.99. The molecule has 0 radical (unpaired) electrons. The highest BCUT2D eigenvalue weighted by Gasteiger charge is 2.03. The van der Waals surface area contributed by atoms with Gasteiger partial charge in [0.2, 0.25) is 0 Å². The zero-order valence-corrected chi connectivity index (χ0v) is 13.8. The van der Waals surface area contributed by atoms with E-state index in [1.165, 1.54) is 16.7 Å². The van der Waals surface area contributed by atoms with Gasteiger partial charge in [-0.3, -0.25) is 0 Å². The molecule has 0 aliphatic rings. The van der Waals surface area contributed by atoms with Crippen LogP contribution < -0.4 is 10.1 Å². The van der Waals surface area contributed by atoms with E-state index in [4.69, 9.17) is 4.74 Å². The maximum atomic E-state index is 5.88. The molecular formula is C17H20BrNO. The summed E-state index contributed by atoms with van der Waals surface area (Å²) in [4.78, 5) is 0. The second kappa shape index (κ2) is 6.80. The number of halogens is 1. The van der Waals surface area contributed by atoms with E-state index >= 15 is 0 Å². The SMILES string of the molecule is Cc1cc(C)c(C)c(OCCNc2cccc(Br)c2)c1. The maximum Gasteiger partial charge on any atom is 0.122 e. The van der Waals surface area contributed by atoms with Crippen LogP contribution in [-0.2, 0) is 0 Å². The number of benzene rings is 2. The molecule has 1 N–H and O–H groups in total. The molecule has 0 amide bonds. The molecule has 106 valence electrons. The van der Waals surface area contributed by atoms with E-state index in [0.717, 1.165) is 22.5 Å². The number of aryl methyl sites for hydroxylation is 2. The lowest BCUT2D eigenvalue weighted by atomic mass is 10.1. The molecule has 2 aromatic rings. The highest BCUT2D eigenvalue weighted by molar-refractivity contribution is 9.10. The van der Waals surface area contributed by atoms with Crippen LogP contribution in [0, 0.1) is 20.8 Å². The Labute approximate surface area is 129 Å². The van der Waals surface area contributed by atoms with E-state index in [1.54, 1.807) is 0 Å². The first-order valence-electron chi connectivity index (χ1n) is 6.76. The van der Waals surface area contributed by atoms with Gasteiger partial charge in [-0.1, -0.05) is 28.1 Å². The van der Waals surface area contributed by atoms with Crippen LogP contribution in [0.2, 0.25) is 0 Å². The minimum Gasteiger partial charge on any atom is -0.491 e. The molecule has 2 aromatic carbocycles. The molecule has 0 unspecified atom stereocenters. The molecule has 0 saturated carbocycles. The van der Waals surface area contributed by atoms with Crippen LogP contribution in [0.4, 0.5) is 5.69 Å². The van der Waals surface area contributed by atoms with Crippen molar-refractivity contribution in [1.29, 1.82) is 0 Å². The third-order valence-electron chi connectivity index (χ3n) is 3.28. The number of nitrogens with one attached hydrogen (secondary N) is 1. The Kier molecular flexibility index (Phi) is 5.07. The lowest BCUT2D eigenvalue weighted by molar-refractivity contribution is 0.330. The molecule has 0 aliphatic heterocycles. The standard InChI is InChI=1S/C17H20BrNO/c1-12-9-13(2)14(3)17(10-12)20-8-7-19-16-6-4-5-15(18)11-16/h4-6,9-11,19H,7-8H2,1-3H3. The highest BCUT2D eigenvalue weighted by atomic mass is 79.9. The lowest BCUT2D eigenvalue weighted by Crippen LogP contribution is -2.12. The normalized spacial score (nSPS) is 10.4. The smallest absolute Gasteiger partial charge is 0.122 e. The summed E-state index contributed by atoms with van der Waals surface area (Å²) in [6.07, 6.45) is 0. The Hall–Kier alpha value is -1.48. The minimum absolute atomic E-state index is 0.649. The van der Waals surface area contributed by atoms with Gasteiger partial charge in [-0.15, -0.1) is 0 Å². The zero-order valence-electron chi connectivity index (χ0n) is 12.2. The third kappa shape index (κ3) is 4.01. The summed E-state index contributed by atoms with van der Waals surface area (Å²) in [5.74, 6) is 0.985. The van der Waals surface area contributed by atoms with Crippen LogP contribution >= 0.6 is 15.9 Å². The number of hydrogen-bond donors (Lipinski definition) is 1. The van der Waals surface area contributed by atoms with Crippen molar-refractivity contribution in [3.8, 4) is 5.75 Å². The fourth-order valence-corrected chi connectivity index (χ4v) is 2.50. The van der Waals surface area contributed by atoms with Crippen LogP contribution in [0.5, 0.6) is 5.75 Å². The van der Waals surface area contributed by atoms with Gasteiger partial charge in [0.15, 0.2) is 0 Å². The Morgan fingerprint density at radius 3 is 2.65 bits per heavy atom. The Morgan fingerprint density at radius 2 is 1.90 bits per heavy atom. The van der Waals surface area contributed by atoms with Crippen LogP contribution in [0.25, 0.3) is 0 Å². The second-order valence-corrected chi connectivity index (χ2v) is 5.91. The number of hydrogen-bond acceptors (Lipinski definition) is 2. The van der Waals surface area contributed by atoms with Gasteiger partial charge in [0.25, 0.3) is 0 Å². The van der Waals surface area contributed by atoms with Crippen molar-refractivity contribution in [2.75, 3.05) is 18.5 Å². The van der Waals surface area contributed by atoms with E-state index < -0.39 is 0 Å². The Balaban J connectivity index is 1.87. The fourth-order valence-electron chi connectivity index (χ4n) is 2.11. The molecule has 0 fully saturated rings. The fraction of sp³-hybridized carbons (Fsp3) is 0.294. The molecule has 2 nitrogen and oxygen atoms in total. The van der Waals surface area contributed by atoms with Gasteiger partial charge in [-0.2, -0.15) is 0 Å². The molecule has 2 rings (SSSR count). The van der Waals surface area contributed by atoms with Gasteiger partial charge in [0.1, 0.15) is 12.4 Å². The predicted octanol–water partition coefficient (Wildman–Crippen LogP) is 4.87. The van der Waals surface area contributed by atoms with Crippen molar-refractivity contribution in [1.82, 2.24) is 0 Å². The summed E-state index contributed by atoms with van der Waals surface area (Å²) in [5, 5.41) is 3.35. The average molecular weight is 334 g/mol. The van der Waals surface area contributed by atoms with Crippen molar-refractivity contribution >= 4 is 21.6 Å². The van der Waals surface area contributed by atoms with Gasteiger partial charge >= 0.3 is 0 Å². The summed E-state index contributed by atoms with van der Waals surface area (Å²) in [5.41, 5.74) is 4.83. The molecule has 0 atom stereocenters. The van der Waals surface area contributed by atoms with Crippen LogP contribution in [0.3, 0.4) is 0 Å². The molecule has 20 heavy (non-hydrogen) atoms. The number of rotatable bonds is 5. The Morgan fingerprint density at radius 1 is 1.10 bits per heavy atom. The van der Waals surface area contributed by atoms with E-state index in [1.807, 2.05) is 18.2 Å². The first-order valence-corrected chi connectivity index (χ1v) is 7.55. The molecule has 0 aromatic heterocycles. The van der Waals surface area contributed by atoms with Gasteiger partial charge < -0.3 is 10.1 Å². The Bertz CT molecular complexity index is 596. The number of ether oxygens (including phenoxy) is 1. The summed E-state index contributed by atoms with van der Waals surface area (Å²) in [7, 11) is 0. The number of anilines is 1. The van der Waals surface area contributed by atoms with Gasteiger partial charge in [-0.25, -0.2) is 0 Å². The van der Waals surface area contributed by atoms with E-state index in [0.29, 0.717) is 6.61 Å². The van der Waals surface area contributed by atoms with Crippen LogP contribution in [0.1, 0.15) is 16.7 Å². The van der Waals surface area contributed by atoms with E-state index in [-0.39, 0.29) is 0 Å². The van der Waals surface area contributed by atoms with E-state index in [2.05, 4.69) is 60.2 Å². The summed E-state index contributed by atoms with van der Waals surface area (Å²) in [6, 6.07) is 12.4. The van der Waals surface area contributed by atoms with Gasteiger partial charge in [0.05, 0.1) is 0 Å². The summed E-state index contributed by atoms with van der Waals surface area (Å²) < 4.78 is 6.95. The topological polar surface area (TPSA) is 21.3 Å². The minimum atomic E-state index is 0.649. The van der Waals surface area contributed by atoms with Crippen LogP contribution in [-0.4, -0.2) is 13.2 Å². The van der Waals surface area contributed by atoms with Crippen molar-refractivity contribution in [3.05, 3.63) is 57.6 Å². The predicted molar refractivity (Wildman–Crippen MR) is 88.8 cm³/mol. The average Bonchev–Trinajstić information content (AvgIpc) is 2.40. The molecule has 0 saturated heterocycles. The third-order valence-corrected chi connectivity index (χ3v) is 3.77. The van der Waals surface area contributed by atoms with Crippen molar-refractivity contribution in [2.45, 2.75) is 20.8 Å². The lowest BCUT2D eigenvalue weighted by Gasteiger charge is -2.13. The van der Waals surface area contributed by atoms with Gasteiger partial charge in [-0.05, 0) is 61.7 Å². The summed E-state index contributed by atoms with van der Waals surface area (Å²) >= 11 is 3.46. The monoisotopic (exact) mass is 333 g/mol. The first-order chi connectivity index (χ1) is 9.56. The quantitative estimate of drug-likeness (QED) is 0.788. The van der Waals surface area contributed by atoms with Crippen molar-refractivity contribution in [3.63, 3.8) is 0 Å². The summed E-state index contributed by atoms with van der Waals surface area (Å²) in [6.45, 7) is 7.75. The van der Waals surface area contributed by atoms with Crippen molar-refractivity contribution < 1.29 is 4.74 Å². The molecule has 0 aliphatic carbocycles. The zero-order chi connectivity index (χ0) is 14.5. The highest BCUT2D eigenvalue weighted by Crippen LogP contribution is 2.23. The molecular weight excluding hydrogens is 314 g/mol. The van der Waals surface area contributed by atoms with E-state index in [9.17, 15) is 0 Å². The molecule has 3 heteroatoms.